The van der Waals surface area contributed by atoms with E-state index in [9.17, 15) is 4.57 Å². The Bertz CT molecular complexity index is 450. The number of hydrogen-bond donors (Lipinski definition) is 0. The maximum absolute atomic E-state index is 11.7. The molecule has 0 aromatic carbocycles. The highest BCUT2D eigenvalue weighted by Gasteiger charge is 2.13. The lowest BCUT2D eigenvalue weighted by Crippen LogP contribution is -1.92. The van der Waals surface area contributed by atoms with Gasteiger partial charge in [-0.05, 0) is 0 Å². The van der Waals surface area contributed by atoms with Crippen molar-refractivity contribution in [3.63, 3.8) is 0 Å². The molecule has 0 spiro atoms. The van der Waals surface area contributed by atoms with E-state index in [-0.39, 0.29) is 0 Å². The van der Waals surface area contributed by atoms with Gasteiger partial charge in [0.1, 0.15) is 0 Å². The van der Waals surface area contributed by atoms with E-state index in [1.54, 1.807) is 30.1 Å². The summed E-state index contributed by atoms with van der Waals surface area (Å²) in [5.74, 6) is 0.739. The van der Waals surface area contributed by atoms with Gasteiger partial charge in [0.15, 0.2) is 7.29 Å². The van der Waals surface area contributed by atoms with Gasteiger partial charge < -0.3 is 4.57 Å². The Morgan fingerprint density at radius 1 is 1.33 bits per heavy atom. The van der Waals surface area contributed by atoms with Crippen LogP contribution in [0.25, 0.3) is 5.78 Å². The molecule has 0 aliphatic carbocycles. The summed E-state index contributed by atoms with van der Waals surface area (Å²) in [6.45, 7) is 3.45. The first-order valence-electron chi connectivity index (χ1n) is 3.65. The molecule has 0 radical (unpaired) electrons. The molecule has 64 valence electrons. The summed E-state index contributed by atoms with van der Waals surface area (Å²) in [5, 5.41) is 0. The summed E-state index contributed by atoms with van der Waals surface area (Å²) in [6, 6.07) is 0. The van der Waals surface area contributed by atoms with E-state index in [1.807, 2.05) is 16.8 Å². The average Bonchev–Trinajstić information content (AvgIpc) is 2.37. The predicted molar refractivity (Wildman–Crippen MR) is 48.0 cm³/mol. The van der Waals surface area contributed by atoms with Gasteiger partial charge in [0, 0.05) is 38.1 Å². The van der Waals surface area contributed by atoms with Gasteiger partial charge in [0.25, 0.3) is 0 Å². The molecule has 0 unspecified atom stereocenters. The number of aromatic nitrogens is 3. The number of rotatable bonds is 1. The van der Waals surface area contributed by atoms with Gasteiger partial charge in [-0.2, -0.15) is 0 Å². The largest absolute Gasteiger partial charge is 0.300 e. The molecule has 0 aliphatic heterocycles. The fourth-order valence-electron chi connectivity index (χ4n) is 1.18. The van der Waals surface area contributed by atoms with Gasteiger partial charge in [-0.15, -0.1) is 0 Å². The molecule has 0 saturated heterocycles. The van der Waals surface area contributed by atoms with Crippen LogP contribution >= 0.6 is 7.29 Å². The van der Waals surface area contributed by atoms with E-state index < -0.39 is 7.29 Å². The van der Waals surface area contributed by atoms with Crippen molar-refractivity contribution in [3.05, 3.63) is 24.8 Å². The highest BCUT2D eigenvalue weighted by Crippen LogP contribution is 2.39. The summed E-state index contributed by atoms with van der Waals surface area (Å²) in [7, 11) is -2.25. The van der Waals surface area contributed by atoms with Crippen LogP contribution in [-0.4, -0.2) is 27.1 Å². The monoisotopic (exact) mass is 183 g/mol. The first-order valence-corrected chi connectivity index (χ1v) is 6.20. The molecule has 2 aromatic heterocycles. The average molecular weight is 183 g/mol. The summed E-state index contributed by atoms with van der Waals surface area (Å²) < 4.78 is 15.3. The lowest BCUT2D eigenvalue weighted by atomic mass is 10.9. The molecule has 0 saturated carbocycles. The molecule has 12 heavy (non-hydrogen) atoms. The van der Waals surface area contributed by atoms with Crippen molar-refractivity contribution in [2.24, 2.45) is 0 Å². The zero-order valence-corrected chi connectivity index (χ0v) is 7.90. The van der Waals surface area contributed by atoms with Crippen LogP contribution in [-0.2, 0) is 4.57 Å². The fourth-order valence-corrected chi connectivity index (χ4v) is 2.14. The highest BCUT2D eigenvalue weighted by molar-refractivity contribution is 7.60. The molecule has 2 aromatic rings. The molecule has 2 rings (SSSR count). The standard InChI is InChI=1S/C7H10N3OP/c1-12(2,11)10-6-5-9-4-3-8-7(9)10/h3-6H,1-2H3. The molecule has 5 heteroatoms. The SMILES string of the molecule is CP(C)(=O)n1ccn2ccnc12. The molecular formula is C7H10N3OP. The quantitative estimate of drug-likeness (QED) is 0.629. The zero-order chi connectivity index (χ0) is 8.77. The minimum atomic E-state index is -2.25. The molecule has 0 amide bonds. The molecule has 0 atom stereocenters. The third-order valence-corrected chi connectivity index (χ3v) is 3.09. The first kappa shape index (κ1) is 7.62. The van der Waals surface area contributed by atoms with Gasteiger partial charge in [-0.25, -0.2) is 4.98 Å². The van der Waals surface area contributed by atoms with Crippen LogP contribution in [0.15, 0.2) is 24.8 Å². The number of fused-ring (bicyclic) bond motifs is 1. The molecular weight excluding hydrogens is 173 g/mol. The summed E-state index contributed by atoms with van der Waals surface area (Å²) in [4.78, 5) is 4.10. The summed E-state index contributed by atoms with van der Waals surface area (Å²) in [5.41, 5.74) is 0. The molecule has 2 heterocycles. The lowest BCUT2D eigenvalue weighted by Gasteiger charge is -2.06. The molecule has 0 N–H and O–H groups in total. The second kappa shape index (κ2) is 2.23. The summed E-state index contributed by atoms with van der Waals surface area (Å²) in [6.07, 6.45) is 7.17. The van der Waals surface area contributed by atoms with E-state index in [0.717, 1.165) is 5.78 Å². The fraction of sp³-hybridized carbons (Fsp3) is 0.286. The van der Waals surface area contributed by atoms with Gasteiger partial charge in [0.2, 0.25) is 5.78 Å². The summed E-state index contributed by atoms with van der Waals surface area (Å²) >= 11 is 0. The van der Waals surface area contributed by atoms with Crippen LogP contribution < -0.4 is 0 Å². The van der Waals surface area contributed by atoms with Crippen LogP contribution in [0, 0.1) is 0 Å². The Morgan fingerprint density at radius 2 is 2.08 bits per heavy atom. The Balaban J connectivity index is 2.78. The first-order chi connectivity index (χ1) is 5.59. The minimum absolute atomic E-state index is 0.739. The van der Waals surface area contributed by atoms with Gasteiger partial charge >= 0.3 is 0 Å². The van der Waals surface area contributed by atoms with Crippen molar-refractivity contribution in [1.29, 1.82) is 0 Å². The smallest absolute Gasteiger partial charge is 0.219 e. The second-order valence-corrected chi connectivity index (χ2v) is 6.09. The van der Waals surface area contributed by atoms with Crippen molar-refractivity contribution in [2.75, 3.05) is 13.3 Å². The number of hydrogen-bond acceptors (Lipinski definition) is 2. The second-order valence-electron chi connectivity index (χ2n) is 3.07. The Hall–Kier alpha value is -1.02. The zero-order valence-electron chi connectivity index (χ0n) is 7.01. The Morgan fingerprint density at radius 3 is 2.75 bits per heavy atom. The minimum Gasteiger partial charge on any atom is -0.300 e. The van der Waals surface area contributed by atoms with Crippen LogP contribution in [0.5, 0.6) is 0 Å². The van der Waals surface area contributed by atoms with E-state index in [0.29, 0.717) is 0 Å². The third-order valence-electron chi connectivity index (χ3n) is 1.74. The van der Waals surface area contributed by atoms with E-state index in [4.69, 9.17) is 0 Å². The number of imidazole rings is 2. The molecule has 0 fully saturated rings. The Kier molecular flexibility index (Phi) is 1.42. The number of nitrogens with zero attached hydrogens (tertiary/aromatic N) is 3. The maximum atomic E-state index is 11.7. The van der Waals surface area contributed by atoms with Crippen LogP contribution in [0.2, 0.25) is 0 Å². The van der Waals surface area contributed by atoms with Crippen molar-refractivity contribution in [3.8, 4) is 0 Å². The predicted octanol–water partition coefficient (Wildman–Crippen LogP) is 1.52. The van der Waals surface area contributed by atoms with Crippen molar-refractivity contribution in [1.82, 2.24) is 13.7 Å². The molecule has 0 bridgehead atoms. The van der Waals surface area contributed by atoms with Crippen molar-refractivity contribution < 1.29 is 4.57 Å². The van der Waals surface area contributed by atoms with Crippen LogP contribution in [0.3, 0.4) is 0 Å². The van der Waals surface area contributed by atoms with Gasteiger partial charge in [-0.3, -0.25) is 8.74 Å². The van der Waals surface area contributed by atoms with Crippen LogP contribution in [0.1, 0.15) is 0 Å². The topological polar surface area (TPSA) is 39.3 Å². The normalized spacial score (nSPS) is 12.5. The van der Waals surface area contributed by atoms with Gasteiger partial charge in [-0.1, -0.05) is 0 Å². The molecule has 4 nitrogen and oxygen atoms in total. The van der Waals surface area contributed by atoms with E-state index in [2.05, 4.69) is 4.98 Å². The van der Waals surface area contributed by atoms with Crippen LogP contribution in [0.4, 0.5) is 0 Å². The Labute approximate surface area is 70.3 Å². The van der Waals surface area contributed by atoms with E-state index in [1.165, 1.54) is 0 Å². The van der Waals surface area contributed by atoms with Crippen molar-refractivity contribution in [2.45, 2.75) is 0 Å². The lowest BCUT2D eigenvalue weighted by molar-refractivity contribution is 0.577. The van der Waals surface area contributed by atoms with Crippen molar-refractivity contribution >= 4 is 13.1 Å². The maximum Gasteiger partial charge on any atom is 0.219 e. The van der Waals surface area contributed by atoms with E-state index >= 15 is 0 Å². The highest BCUT2D eigenvalue weighted by atomic mass is 31.2. The van der Waals surface area contributed by atoms with Gasteiger partial charge in [0.05, 0.1) is 0 Å². The third kappa shape index (κ3) is 0.994. The molecule has 0 aliphatic rings.